The predicted molar refractivity (Wildman–Crippen MR) is 125 cm³/mol. The molecule has 3 heterocycles. The number of nitrogens with zero attached hydrogens (tertiary/aromatic N) is 4. The minimum absolute atomic E-state index is 0.0556. The number of nitrogens with one attached hydrogen (secondary N) is 2. The molecule has 0 saturated carbocycles. The molecule has 2 fully saturated rings. The van der Waals surface area contributed by atoms with Crippen LogP contribution in [-0.4, -0.2) is 65.7 Å². The van der Waals surface area contributed by atoms with Gasteiger partial charge >= 0.3 is 0 Å². The van der Waals surface area contributed by atoms with Crippen molar-refractivity contribution < 1.29 is 9.53 Å². The topological polar surface area (TPSA) is 83.8 Å². The van der Waals surface area contributed by atoms with Gasteiger partial charge in [-0.3, -0.25) is 9.79 Å². The predicted octanol–water partition coefficient (Wildman–Crippen LogP) is 2.45. The maximum atomic E-state index is 12.5. The molecule has 8 heteroatoms. The summed E-state index contributed by atoms with van der Waals surface area (Å²) in [6, 6.07) is 8.13. The minimum Gasteiger partial charge on any atom is -0.376 e. The van der Waals surface area contributed by atoms with Crippen LogP contribution >= 0.6 is 0 Å². The van der Waals surface area contributed by atoms with Crippen LogP contribution in [0, 0.1) is 5.92 Å². The van der Waals surface area contributed by atoms with Gasteiger partial charge in [-0.25, -0.2) is 4.98 Å². The van der Waals surface area contributed by atoms with Gasteiger partial charge < -0.3 is 24.8 Å². The largest absolute Gasteiger partial charge is 0.376 e. The second-order valence-electron chi connectivity index (χ2n) is 8.74. The number of imidazole rings is 1. The molecule has 4 rings (SSSR count). The van der Waals surface area contributed by atoms with Crippen LogP contribution in [0.4, 0.5) is 0 Å². The molecule has 2 aliphatic heterocycles. The summed E-state index contributed by atoms with van der Waals surface area (Å²) < 4.78 is 7.79. The second-order valence-corrected chi connectivity index (χ2v) is 8.74. The first-order chi connectivity index (χ1) is 15.6. The van der Waals surface area contributed by atoms with Gasteiger partial charge in [-0.1, -0.05) is 19.1 Å². The van der Waals surface area contributed by atoms with E-state index in [1.54, 1.807) is 0 Å². The number of aromatic nitrogens is 2. The van der Waals surface area contributed by atoms with Gasteiger partial charge in [0, 0.05) is 57.8 Å². The van der Waals surface area contributed by atoms with Crippen LogP contribution in [0.3, 0.4) is 0 Å². The van der Waals surface area contributed by atoms with Gasteiger partial charge in [0.15, 0.2) is 5.96 Å². The number of guanidine groups is 1. The van der Waals surface area contributed by atoms with Crippen molar-refractivity contribution in [1.29, 1.82) is 0 Å². The fraction of sp³-hybridized carbons (Fsp3) is 0.542. The summed E-state index contributed by atoms with van der Waals surface area (Å²) in [5, 5.41) is 6.47. The lowest BCUT2D eigenvalue weighted by molar-refractivity contribution is 0.0857. The minimum atomic E-state index is -0.0556. The Hall–Kier alpha value is -2.87. The Morgan fingerprint density at radius 2 is 2.22 bits per heavy atom. The summed E-state index contributed by atoms with van der Waals surface area (Å²) in [4.78, 5) is 23.6. The average Bonchev–Trinajstić information content (AvgIpc) is 3.53. The SMILES string of the molecule is CN=C(NCc1cccc(C(=O)NCC2CCCO2)c1)N1CCC(C)C(n2ccnc2)C1. The van der Waals surface area contributed by atoms with Gasteiger partial charge in [-0.15, -0.1) is 0 Å². The van der Waals surface area contributed by atoms with Gasteiger partial charge in [0.25, 0.3) is 5.91 Å². The molecule has 3 atom stereocenters. The Balaban J connectivity index is 1.33. The van der Waals surface area contributed by atoms with Crippen molar-refractivity contribution in [2.45, 2.75) is 44.9 Å². The van der Waals surface area contributed by atoms with E-state index in [0.29, 0.717) is 30.6 Å². The van der Waals surface area contributed by atoms with Crippen molar-refractivity contribution in [3.8, 4) is 0 Å². The highest BCUT2D eigenvalue weighted by Crippen LogP contribution is 2.27. The Morgan fingerprint density at radius 1 is 1.31 bits per heavy atom. The number of piperidine rings is 1. The molecule has 0 aliphatic carbocycles. The summed E-state index contributed by atoms with van der Waals surface area (Å²) in [7, 11) is 1.82. The fourth-order valence-corrected chi connectivity index (χ4v) is 4.54. The standard InChI is InChI=1S/C24H34N6O2/c1-18-8-10-29(16-22(18)30-11-9-26-17-30)24(25-2)28-14-19-5-3-6-20(13-19)23(31)27-15-21-7-4-12-32-21/h3,5-6,9,11,13,17-18,21-22H,4,7-8,10,12,14-16H2,1-2H3,(H,25,28)(H,27,31). The molecule has 3 unspecified atom stereocenters. The van der Waals surface area contributed by atoms with Crippen molar-refractivity contribution in [3.05, 3.63) is 54.1 Å². The zero-order valence-electron chi connectivity index (χ0n) is 19.0. The first-order valence-electron chi connectivity index (χ1n) is 11.6. The number of carbonyl (C=O) groups is 1. The van der Waals surface area contributed by atoms with E-state index in [4.69, 9.17) is 4.74 Å². The van der Waals surface area contributed by atoms with Crippen molar-refractivity contribution >= 4 is 11.9 Å². The summed E-state index contributed by atoms with van der Waals surface area (Å²) in [6.45, 7) is 6.14. The van der Waals surface area contributed by atoms with Crippen molar-refractivity contribution in [3.63, 3.8) is 0 Å². The average molecular weight is 439 g/mol. The van der Waals surface area contributed by atoms with E-state index in [2.05, 4.69) is 37.0 Å². The van der Waals surface area contributed by atoms with E-state index in [1.165, 1.54) is 0 Å². The number of ether oxygens (including phenoxy) is 1. The maximum absolute atomic E-state index is 12.5. The third-order valence-electron chi connectivity index (χ3n) is 6.49. The van der Waals surface area contributed by atoms with Gasteiger partial charge in [-0.2, -0.15) is 0 Å². The fourth-order valence-electron chi connectivity index (χ4n) is 4.54. The van der Waals surface area contributed by atoms with Crippen molar-refractivity contribution in [2.75, 3.05) is 33.3 Å². The number of rotatable bonds is 6. The molecule has 2 aliphatic rings. The number of hydrogen-bond donors (Lipinski definition) is 2. The van der Waals surface area contributed by atoms with E-state index < -0.39 is 0 Å². The van der Waals surface area contributed by atoms with E-state index in [1.807, 2.05) is 50.0 Å². The summed E-state index contributed by atoms with van der Waals surface area (Å²) >= 11 is 0. The Kier molecular flexibility index (Phi) is 7.42. The lowest BCUT2D eigenvalue weighted by Gasteiger charge is -2.39. The van der Waals surface area contributed by atoms with Crippen LogP contribution in [-0.2, 0) is 11.3 Å². The molecule has 32 heavy (non-hydrogen) atoms. The van der Waals surface area contributed by atoms with Crippen molar-refractivity contribution in [2.24, 2.45) is 10.9 Å². The quantitative estimate of drug-likeness (QED) is 0.535. The molecule has 1 aromatic heterocycles. The zero-order chi connectivity index (χ0) is 22.3. The van der Waals surface area contributed by atoms with Gasteiger partial charge in [0.1, 0.15) is 0 Å². The Bertz CT molecular complexity index is 907. The second kappa shape index (κ2) is 10.6. The number of amides is 1. The van der Waals surface area contributed by atoms with Gasteiger partial charge in [0.2, 0.25) is 0 Å². The van der Waals surface area contributed by atoms with Crippen LogP contribution in [0.2, 0.25) is 0 Å². The van der Waals surface area contributed by atoms with Gasteiger partial charge in [-0.05, 0) is 42.9 Å². The third kappa shape index (κ3) is 5.48. The number of carbonyl (C=O) groups excluding carboxylic acids is 1. The first-order valence-corrected chi connectivity index (χ1v) is 11.6. The molecule has 0 radical (unpaired) electrons. The molecule has 2 saturated heterocycles. The van der Waals surface area contributed by atoms with E-state index in [0.717, 1.165) is 50.5 Å². The molecule has 0 spiro atoms. The van der Waals surface area contributed by atoms with Crippen LogP contribution in [0.25, 0.3) is 0 Å². The highest BCUT2D eigenvalue weighted by molar-refractivity contribution is 5.94. The van der Waals surface area contributed by atoms with Crippen LogP contribution in [0.15, 0.2) is 48.0 Å². The number of benzene rings is 1. The maximum Gasteiger partial charge on any atom is 0.251 e. The number of hydrogen-bond acceptors (Lipinski definition) is 4. The van der Waals surface area contributed by atoms with Gasteiger partial charge in [0.05, 0.1) is 18.5 Å². The molecular weight excluding hydrogens is 404 g/mol. The summed E-state index contributed by atoms with van der Waals surface area (Å²) in [5.74, 6) is 1.42. The highest BCUT2D eigenvalue weighted by atomic mass is 16.5. The Morgan fingerprint density at radius 3 is 2.97 bits per heavy atom. The molecule has 0 bridgehead atoms. The normalized spacial score (nSPS) is 23.9. The number of likely N-dealkylation sites (tertiary alicyclic amines) is 1. The van der Waals surface area contributed by atoms with E-state index in [-0.39, 0.29) is 12.0 Å². The Labute approximate surface area is 190 Å². The van der Waals surface area contributed by atoms with Crippen LogP contribution in [0.1, 0.15) is 48.1 Å². The lowest BCUT2D eigenvalue weighted by atomic mass is 9.93. The smallest absolute Gasteiger partial charge is 0.251 e. The highest BCUT2D eigenvalue weighted by Gasteiger charge is 2.28. The molecule has 2 aromatic rings. The molecule has 2 N–H and O–H groups in total. The summed E-state index contributed by atoms with van der Waals surface area (Å²) in [6.07, 6.45) is 9.10. The first kappa shape index (κ1) is 22.3. The lowest BCUT2D eigenvalue weighted by Crippen LogP contribution is -2.48. The zero-order valence-corrected chi connectivity index (χ0v) is 19.0. The molecule has 1 aromatic carbocycles. The van der Waals surface area contributed by atoms with E-state index in [9.17, 15) is 4.79 Å². The van der Waals surface area contributed by atoms with Crippen molar-refractivity contribution in [1.82, 2.24) is 25.1 Å². The molecule has 172 valence electrons. The molecule has 8 nitrogen and oxygen atoms in total. The molecular formula is C24H34N6O2. The molecule has 1 amide bonds. The van der Waals surface area contributed by atoms with Crippen LogP contribution < -0.4 is 10.6 Å². The van der Waals surface area contributed by atoms with E-state index >= 15 is 0 Å². The third-order valence-corrected chi connectivity index (χ3v) is 6.49. The van der Waals surface area contributed by atoms with Crippen LogP contribution in [0.5, 0.6) is 0 Å². The number of aliphatic imine (C=N–C) groups is 1. The monoisotopic (exact) mass is 438 g/mol. The summed E-state index contributed by atoms with van der Waals surface area (Å²) in [5.41, 5.74) is 1.72.